The predicted octanol–water partition coefficient (Wildman–Crippen LogP) is 0.839. The third-order valence-corrected chi connectivity index (χ3v) is 1.63. The maximum Gasteiger partial charge on any atom is 0.259 e. The Morgan fingerprint density at radius 1 is 1.58 bits per heavy atom. The van der Waals surface area contributed by atoms with Crippen LogP contribution in [-0.4, -0.2) is 44.3 Å². The van der Waals surface area contributed by atoms with E-state index in [-0.39, 0.29) is 13.0 Å². The highest BCUT2D eigenvalue weighted by atomic mass is 19.1. The first-order valence-corrected chi connectivity index (χ1v) is 3.81. The highest BCUT2D eigenvalue weighted by Gasteiger charge is 2.33. The predicted molar refractivity (Wildman–Crippen MR) is 44.7 cm³/mol. The number of carbonyl (C=O) groups is 1. The summed E-state index contributed by atoms with van der Waals surface area (Å²) >= 11 is 0. The minimum atomic E-state index is -1.81. The minimum absolute atomic E-state index is 0.0977. The van der Waals surface area contributed by atoms with Crippen LogP contribution in [0.25, 0.3) is 0 Å². The average Bonchev–Trinajstić information content (AvgIpc) is 1.99. The van der Waals surface area contributed by atoms with E-state index in [1.54, 1.807) is 0 Å². The molecule has 0 radical (unpaired) electrons. The van der Waals surface area contributed by atoms with Gasteiger partial charge in [0.05, 0.1) is 0 Å². The van der Waals surface area contributed by atoms with E-state index in [0.717, 1.165) is 0 Å². The summed E-state index contributed by atoms with van der Waals surface area (Å²) < 4.78 is 18.1. The number of hydrogen-bond donors (Lipinski definition) is 0. The Morgan fingerprint density at radius 2 is 2.08 bits per heavy atom. The highest BCUT2D eigenvalue weighted by molar-refractivity contribution is 5.84. The average molecular weight is 177 g/mol. The third-order valence-electron chi connectivity index (χ3n) is 1.63. The fraction of sp³-hybridized carbons (Fsp3) is 0.875. The summed E-state index contributed by atoms with van der Waals surface area (Å²) in [5.74, 6) is -0.514. The maximum atomic E-state index is 13.5. The first-order valence-electron chi connectivity index (χ1n) is 3.81. The molecule has 0 heterocycles. The van der Waals surface area contributed by atoms with E-state index in [1.165, 1.54) is 33.0 Å². The molecule has 1 amide bonds. The van der Waals surface area contributed by atoms with Crippen LogP contribution >= 0.6 is 0 Å². The second-order valence-electron chi connectivity index (χ2n) is 3.14. The van der Waals surface area contributed by atoms with Gasteiger partial charge < -0.3 is 9.64 Å². The van der Waals surface area contributed by atoms with Crippen LogP contribution in [0.3, 0.4) is 0 Å². The molecule has 0 aliphatic rings. The molecule has 0 spiro atoms. The van der Waals surface area contributed by atoms with Crippen LogP contribution < -0.4 is 0 Å². The summed E-state index contributed by atoms with van der Waals surface area (Å²) in [4.78, 5) is 12.4. The molecular formula is C8H16FNO2. The molecule has 1 unspecified atom stereocenters. The van der Waals surface area contributed by atoms with Crippen LogP contribution in [0.5, 0.6) is 0 Å². The van der Waals surface area contributed by atoms with Gasteiger partial charge in [0.25, 0.3) is 5.91 Å². The van der Waals surface area contributed by atoms with Gasteiger partial charge in [-0.2, -0.15) is 0 Å². The fourth-order valence-electron chi connectivity index (χ4n) is 0.867. The molecule has 0 aromatic heterocycles. The monoisotopic (exact) mass is 177 g/mol. The fourth-order valence-corrected chi connectivity index (χ4v) is 0.867. The van der Waals surface area contributed by atoms with E-state index in [0.29, 0.717) is 0 Å². The summed E-state index contributed by atoms with van der Waals surface area (Å²) in [6.07, 6.45) is 0.0977. The summed E-state index contributed by atoms with van der Waals surface area (Å²) in [5, 5.41) is 0. The van der Waals surface area contributed by atoms with Crippen molar-refractivity contribution in [2.75, 3.05) is 27.8 Å². The largest absolute Gasteiger partial charge is 0.385 e. The number of amides is 1. The second-order valence-corrected chi connectivity index (χ2v) is 3.14. The summed E-state index contributed by atoms with van der Waals surface area (Å²) in [5.41, 5.74) is -1.81. The number of nitrogens with zero attached hydrogens (tertiary/aromatic N) is 1. The van der Waals surface area contributed by atoms with Crippen LogP contribution in [0, 0.1) is 0 Å². The van der Waals surface area contributed by atoms with Crippen LogP contribution in [0.2, 0.25) is 0 Å². The van der Waals surface area contributed by atoms with E-state index in [9.17, 15) is 9.18 Å². The molecule has 72 valence electrons. The van der Waals surface area contributed by atoms with Crippen molar-refractivity contribution in [2.45, 2.75) is 19.0 Å². The van der Waals surface area contributed by atoms with Gasteiger partial charge in [0.2, 0.25) is 0 Å². The molecule has 0 rings (SSSR count). The van der Waals surface area contributed by atoms with Gasteiger partial charge in [-0.15, -0.1) is 0 Å². The smallest absolute Gasteiger partial charge is 0.259 e. The second kappa shape index (κ2) is 4.40. The molecule has 0 N–H and O–H groups in total. The molecule has 0 aliphatic carbocycles. The number of ether oxygens (including phenoxy) is 1. The van der Waals surface area contributed by atoms with E-state index in [2.05, 4.69) is 0 Å². The Hall–Kier alpha value is -0.640. The normalized spacial score (nSPS) is 15.4. The zero-order valence-corrected chi connectivity index (χ0v) is 8.06. The number of methoxy groups -OCH3 is 1. The molecule has 3 nitrogen and oxygen atoms in total. The summed E-state index contributed by atoms with van der Waals surface area (Å²) in [7, 11) is 4.55. The zero-order chi connectivity index (χ0) is 9.78. The quantitative estimate of drug-likeness (QED) is 0.636. The minimum Gasteiger partial charge on any atom is -0.385 e. The maximum absolute atomic E-state index is 13.5. The van der Waals surface area contributed by atoms with E-state index in [4.69, 9.17) is 4.74 Å². The van der Waals surface area contributed by atoms with Crippen molar-refractivity contribution in [1.82, 2.24) is 4.90 Å². The van der Waals surface area contributed by atoms with Crippen molar-refractivity contribution >= 4 is 5.91 Å². The van der Waals surface area contributed by atoms with Crippen molar-refractivity contribution in [3.8, 4) is 0 Å². The molecule has 0 saturated heterocycles. The van der Waals surface area contributed by atoms with E-state index >= 15 is 0 Å². The van der Waals surface area contributed by atoms with Crippen molar-refractivity contribution in [1.29, 1.82) is 0 Å². The Labute approximate surface area is 72.5 Å². The van der Waals surface area contributed by atoms with Crippen molar-refractivity contribution in [3.05, 3.63) is 0 Å². The van der Waals surface area contributed by atoms with Gasteiger partial charge in [-0.3, -0.25) is 4.79 Å². The van der Waals surface area contributed by atoms with Crippen LogP contribution in [0.15, 0.2) is 0 Å². The van der Waals surface area contributed by atoms with Crippen molar-refractivity contribution < 1.29 is 13.9 Å². The Bertz CT molecular complexity index is 157. The highest BCUT2D eigenvalue weighted by Crippen LogP contribution is 2.17. The molecule has 0 bridgehead atoms. The first kappa shape index (κ1) is 11.4. The molecule has 0 aromatic rings. The summed E-state index contributed by atoms with van der Waals surface area (Å²) in [6, 6.07) is 0. The van der Waals surface area contributed by atoms with E-state index < -0.39 is 11.6 Å². The van der Waals surface area contributed by atoms with E-state index in [1.807, 2.05) is 0 Å². The third kappa shape index (κ3) is 3.17. The van der Waals surface area contributed by atoms with Crippen LogP contribution in [0.4, 0.5) is 4.39 Å². The van der Waals surface area contributed by atoms with Gasteiger partial charge in [0.15, 0.2) is 5.67 Å². The van der Waals surface area contributed by atoms with Crippen LogP contribution in [0.1, 0.15) is 13.3 Å². The van der Waals surface area contributed by atoms with Crippen molar-refractivity contribution in [2.24, 2.45) is 0 Å². The van der Waals surface area contributed by atoms with Crippen LogP contribution in [-0.2, 0) is 9.53 Å². The Kier molecular flexibility index (Phi) is 4.17. The number of carbonyl (C=O) groups excluding carboxylic acids is 1. The lowest BCUT2D eigenvalue weighted by Gasteiger charge is -2.22. The number of rotatable bonds is 4. The van der Waals surface area contributed by atoms with Gasteiger partial charge in [-0.25, -0.2) is 4.39 Å². The molecule has 1 atom stereocenters. The number of hydrogen-bond acceptors (Lipinski definition) is 2. The standard InChI is InChI=1S/C8H16FNO2/c1-8(9,5-6-12-4)7(11)10(2)3/h5-6H2,1-4H3. The molecule has 0 aromatic carbocycles. The lowest BCUT2D eigenvalue weighted by Crippen LogP contribution is -2.41. The zero-order valence-electron chi connectivity index (χ0n) is 8.06. The Balaban J connectivity index is 4.09. The first-order chi connectivity index (χ1) is 5.41. The number of alkyl halides is 1. The molecule has 0 saturated carbocycles. The molecule has 12 heavy (non-hydrogen) atoms. The molecule has 0 fully saturated rings. The topological polar surface area (TPSA) is 29.5 Å². The summed E-state index contributed by atoms with van der Waals surface area (Å²) in [6.45, 7) is 1.53. The van der Waals surface area contributed by atoms with Gasteiger partial charge in [0.1, 0.15) is 0 Å². The lowest BCUT2D eigenvalue weighted by molar-refractivity contribution is -0.141. The lowest BCUT2D eigenvalue weighted by atomic mass is 10.0. The molecule has 4 heteroatoms. The van der Waals surface area contributed by atoms with Gasteiger partial charge >= 0.3 is 0 Å². The Morgan fingerprint density at radius 3 is 2.42 bits per heavy atom. The molecular weight excluding hydrogens is 161 g/mol. The van der Waals surface area contributed by atoms with Gasteiger partial charge in [-0.05, 0) is 6.92 Å². The molecule has 0 aliphatic heterocycles. The van der Waals surface area contributed by atoms with Gasteiger partial charge in [-0.1, -0.05) is 0 Å². The van der Waals surface area contributed by atoms with Gasteiger partial charge in [0, 0.05) is 34.2 Å². The van der Waals surface area contributed by atoms with Crippen molar-refractivity contribution in [3.63, 3.8) is 0 Å². The number of halogens is 1. The SMILES string of the molecule is COCCC(C)(F)C(=O)N(C)C.